The van der Waals surface area contributed by atoms with Crippen molar-refractivity contribution in [1.29, 1.82) is 0 Å². The maximum absolute atomic E-state index is 14.2. The van der Waals surface area contributed by atoms with Gasteiger partial charge in [0.1, 0.15) is 23.0 Å². The summed E-state index contributed by atoms with van der Waals surface area (Å²) >= 11 is 0. The Morgan fingerprint density at radius 1 is 1.03 bits per heavy atom. The van der Waals surface area contributed by atoms with Crippen LogP contribution in [0.1, 0.15) is 91.5 Å². The van der Waals surface area contributed by atoms with Gasteiger partial charge < -0.3 is 19.9 Å². The van der Waals surface area contributed by atoms with Gasteiger partial charge in [-0.3, -0.25) is 4.79 Å². The Hall–Kier alpha value is -2.33. The molecule has 1 aromatic rings. The molecule has 0 unspecified atom stereocenters. The average molecular weight is 555 g/mol. The second-order valence-corrected chi connectivity index (χ2v) is 14.7. The molecule has 38 heavy (non-hydrogen) atoms. The fourth-order valence-corrected chi connectivity index (χ4v) is 7.25. The second kappa shape index (κ2) is 10.0. The number of carbonyl (C=O) groups is 2. The van der Waals surface area contributed by atoms with Gasteiger partial charge in [-0.05, 0) is 79.0 Å². The summed E-state index contributed by atoms with van der Waals surface area (Å²) in [5.74, 6) is -0.611. The number of alkyl carbamates (subject to hydrolysis) is 1. The number of rotatable bonds is 7. The van der Waals surface area contributed by atoms with Gasteiger partial charge in [0.2, 0.25) is 10.0 Å². The molecule has 1 aliphatic heterocycles. The summed E-state index contributed by atoms with van der Waals surface area (Å²) < 4.78 is 41.2. The van der Waals surface area contributed by atoms with Crippen LogP contribution in [0.4, 0.5) is 4.79 Å². The largest absolute Gasteiger partial charge is 0.487 e. The van der Waals surface area contributed by atoms with Crippen LogP contribution in [0.3, 0.4) is 0 Å². The number of benzene rings is 1. The number of fused-ring (bicyclic) bond motifs is 1. The summed E-state index contributed by atoms with van der Waals surface area (Å²) in [6, 6.07) is -1.37. The Kier molecular flexibility index (Phi) is 8.40. The van der Waals surface area contributed by atoms with Crippen LogP contribution in [-0.2, 0) is 25.0 Å². The number of nitrogens with zero attached hydrogens (tertiary/aromatic N) is 1. The van der Waals surface area contributed by atoms with E-state index in [2.05, 4.69) is 33.0 Å². The van der Waals surface area contributed by atoms with Crippen molar-refractivity contribution in [2.75, 3.05) is 13.1 Å². The van der Waals surface area contributed by atoms with E-state index in [1.54, 1.807) is 34.6 Å². The summed E-state index contributed by atoms with van der Waals surface area (Å²) in [6.07, 6.45) is -0.710. The molecule has 0 spiro atoms. The first-order valence-corrected chi connectivity index (χ1v) is 14.4. The molecule has 2 rings (SSSR count). The van der Waals surface area contributed by atoms with E-state index in [1.165, 1.54) is 6.92 Å². The lowest BCUT2D eigenvalue weighted by molar-refractivity contribution is -0.140. The zero-order valence-electron chi connectivity index (χ0n) is 25.2. The number of hydrogen-bond acceptors (Lipinski definition) is 6. The second-order valence-electron chi connectivity index (χ2n) is 12.8. The SMILES string of the molecule is Cc1c(C)c(S(=O)(=O)N(CCNC(=O)OC(C)(C)C)[C@@H](C)C(=O)O)c(C)c2c1OC(C)(C)C(C)(C)C2(C)C. The first-order valence-electron chi connectivity index (χ1n) is 13.0. The van der Waals surface area contributed by atoms with Crippen molar-refractivity contribution >= 4 is 22.1 Å². The van der Waals surface area contributed by atoms with E-state index < -0.39 is 44.7 Å². The van der Waals surface area contributed by atoms with E-state index in [1.807, 2.05) is 20.8 Å². The predicted molar refractivity (Wildman–Crippen MR) is 147 cm³/mol. The van der Waals surface area contributed by atoms with Gasteiger partial charge in [0, 0.05) is 29.5 Å². The number of aliphatic carboxylic acids is 1. The molecule has 0 saturated heterocycles. The molecule has 216 valence electrons. The van der Waals surface area contributed by atoms with Gasteiger partial charge in [0.25, 0.3) is 0 Å². The molecular weight excluding hydrogens is 508 g/mol. The molecule has 0 saturated carbocycles. The van der Waals surface area contributed by atoms with Crippen LogP contribution < -0.4 is 10.1 Å². The van der Waals surface area contributed by atoms with Gasteiger partial charge in [-0.1, -0.05) is 27.7 Å². The Labute approximate surface area is 228 Å². The van der Waals surface area contributed by atoms with Crippen LogP contribution in [0.15, 0.2) is 4.90 Å². The van der Waals surface area contributed by atoms with E-state index in [9.17, 15) is 23.1 Å². The van der Waals surface area contributed by atoms with E-state index >= 15 is 0 Å². The molecule has 1 atom stereocenters. The van der Waals surface area contributed by atoms with Gasteiger partial charge in [0.05, 0.1) is 4.90 Å². The summed E-state index contributed by atoms with van der Waals surface area (Å²) in [4.78, 5) is 24.2. The Balaban J connectivity index is 2.68. The number of nitrogens with one attached hydrogen (secondary N) is 1. The number of ether oxygens (including phenoxy) is 2. The van der Waals surface area contributed by atoms with Gasteiger partial charge in [-0.15, -0.1) is 0 Å². The molecular formula is C28H46N2O7S. The molecule has 10 heteroatoms. The van der Waals surface area contributed by atoms with Crippen molar-refractivity contribution in [3.05, 3.63) is 22.3 Å². The third-order valence-electron chi connectivity index (χ3n) is 8.59. The van der Waals surface area contributed by atoms with E-state index in [0.29, 0.717) is 22.4 Å². The highest BCUT2D eigenvalue weighted by Crippen LogP contribution is 2.59. The topological polar surface area (TPSA) is 122 Å². The molecule has 1 amide bonds. The summed E-state index contributed by atoms with van der Waals surface area (Å²) in [5, 5.41) is 12.3. The molecule has 0 aromatic heterocycles. The van der Waals surface area contributed by atoms with Crippen LogP contribution in [0, 0.1) is 26.2 Å². The van der Waals surface area contributed by atoms with E-state index in [4.69, 9.17) is 9.47 Å². The maximum Gasteiger partial charge on any atom is 0.407 e. The number of hydrogen-bond donors (Lipinski definition) is 2. The lowest BCUT2D eigenvalue weighted by Gasteiger charge is -2.57. The minimum Gasteiger partial charge on any atom is -0.487 e. The van der Waals surface area contributed by atoms with Crippen molar-refractivity contribution in [1.82, 2.24) is 9.62 Å². The fourth-order valence-electron chi connectivity index (χ4n) is 5.15. The van der Waals surface area contributed by atoms with Crippen molar-refractivity contribution < 1.29 is 32.6 Å². The van der Waals surface area contributed by atoms with Gasteiger partial charge >= 0.3 is 12.1 Å². The summed E-state index contributed by atoms with van der Waals surface area (Å²) in [6.45, 7) is 23.9. The van der Waals surface area contributed by atoms with Crippen molar-refractivity contribution in [3.8, 4) is 5.75 Å². The van der Waals surface area contributed by atoms with Crippen molar-refractivity contribution in [3.63, 3.8) is 0 Å². The molecule has 2 N–H and O–H groups in total. The highest BCUT2D eigenvalue weighted by Gasteiger charge is 2.56. The molecule has 0 radical (unpaired) electrons. The summed E-state index contributed by atoms with van der Waals surface area (Å²) in [7, 11) is -4.31. The monoisotopic (exact) mass is 554 g/mol. The number of carbonyl (C=O) groups excluding carboxylic acids is 1. The molecule has 0 bridgehead atoms. The lowest BCUT2D eigenvalue weighted by Crippen LogP contribution is -2.58. The normalized spacial score (nSPS) is 18.8. The quantitative estimate of drug-likeness (QED) is 0.482. The highest BCUT2D eigenvalue weighted by molar-refractivity contribution is 7.89. The minimum absolute atomic E-state index is 0.0753. The van der Waals surface area contributed by atoms with Gasteiger partial charge in [-0.2, -0.15) is 4.31 Å². The molecule has 0 fully saturated rings. The van der Waals surface area contributed by atoms with Gasteiger partial charge in [-0.25, -0.2) is 13.2 Å². The summed E-state index contributed by atoms with van der Waals surface area (Å²) in [5.41, 5.74) is 0.467. The third kappa shape index (κ3) is 5.39. The van der Waals surface area contributed by atoms with Crippen molar-refractivity contribution in [2.24, 2.45) is 5.41 Å². The Bertz CT molecular complexity index is 1220. The van der Waals surface area contributed by atoms with Crippen molar-refractivity contribution in [2.45, 2.75) is 118 Å². The van der Waals surface area contributed by atoms with E-state index in [0.717, 1.165) is 9.87 Å². The number of sulfonamides is 1. The maximum atomic E-state index is 14.2. The Morgan fingerprint density at radius 3 is 2.03 bits per heavy atom. The average Bonchev–Trinajstić information content (AvgIpc) is 2.71. The van der Waals surface area contributed by atoms with Crippen LogP contribution >= 0.6 is 0 Å². The smallest absolute Gasteiger partial charge is 0.407 e. The Morgan fingerprint density at radius 2 is 1.55 bits per heavy atom. The fraction of sp³-hybridized carbons (Fsp3) is 0.714. The standard InChI is InChI=1S/C28H46N2O7S/c1-16-17(2)22(18(3)20-21(16)36-28(12,13)27(10,11)26(20,8)9)38(34,35)30(19(4)23(31)32)15-14-29-24(33)37-25(5,6)7/h19H,14-15H2,1-13H3,(H,29,33)(H,31,32)/t19-/m0/s1. The molecule has 1 aliphatic rings. The first kappa shape index (κ1) is 31.9. The lowest BCUT2D eigenvalue weighted by atomic mass is 9.55. The number of amides is 1. The highest BCUT2D eigenvalue weighted by atomic mass is 32.2. The zero-order chi connectivity index (χ0) is 29.8. The van der Waals surface area contributed by atoms with Crippen LogP contribution in [0.25, 0.3) is 0 Å². The predicted octanol–water partition coefficient (Wildman–Crippen LogP) is 5.08. The third-order valence-corrected chi connectivity index (χ3v) is 10.8. The van der Waals surface area contributed by atoms with Crippen LogP contribution in [-0.4, -0.2) is 60.2 Å². The van der Waals surface area contributed by atoms with E-state index in [-0.39, 0.29) is 23.4 Å². The minimum atomic E-state index is -4.31. The molecule has 0 aliphatic carbocycles. The van der Waals surface area contributed by atoms with Crippen LogP contribution in [0.2, 0.25) is 0 Å². The van der Waals surface area contributed by atoms with Crippen LogP contribution in [0.5, 0.6) is 5.75 Å². The number of carboxylic acids is 1. The number of carboxylic acid groups (broad SMARTS) is 1. The molecule has 1 heterocycles. The van der Waals surface area contributed by atoms with Gasteiger partial charge in [0.15, 0.2) is 0 Å². The zero-order valence-corrected chi connectivity index (χ0v) is 26.1. The molecule has 9 nitrogen and oxygen atoms in total. The first-order chi connectivity index (χ1) is 16.9. The molecule has 1 aromatic carbocycles.